The zero-order valence-electron chi connectivity index (χ0n) is 14.1. The Hall–Kier alpha value is -1.11. The molecule has 1 amide bonds. The van der Waals surface area contributed by atoms with Gasteiger partial charge in [0.1, 0.15) is 0 Å². The highest BCUT2D eigenvalue weighted by atomic mass is 32.2. The fourth-order valence-electron chi connectivity index (χ4n) is 3.81. The zero-order chi connectivity index (χ0) is 16.6. The van der Waals surface area contributed by atoms with Crippen molar-refractivity contribution in [3.05, 3.63) is 29.6 Å². The van der Waals surface area contributed by atoms with Crippen LogP contribution in [-0.2, 0) is 20.9 Å². The zero-order valence-corrected chi connectivity index (χ0v) is 14.9. The largest absolute Gasteiger partial charge is 0.381 e. The van der Waals surface area contributed by atoms with E-state index in [2.05, 4.69) is 4.98 Å². The Kier molecular flexibility index (Phi) is 4.54. The van der Waals surface area contributed by atoms with Crippen molar-refractivity contribution in [1.29, 1.82) is 0 Å². The molecule has 1 spiro atoms. The van der Waals surface area contributed by atoms with Crippen LogP contribution in [0.3, 0.4) is 0 Å². The first-order valence-electron chi connectivity index (χ1n) is 8.68. The van der Waals surface area contributed by atoms with Gasteiger partial charge in [-0.05, 0) is 31.9 Å². The van der Waals surface area contributed by atoms with Gasteiger partial charge in [-0.3, -0.25) is 9.78 Å². The number of aryl methyl sites for hydroxylation is 1. The van der Waals surface area contributed by atoms with Gasteiger partial charge in [-0.15, -0.1) is 11.8 Å². The molecule has 4 rings (SSSR count). The van der Waals surface area contributed by atoms with Crippen molar-refractivity contribution < 1.29 is 14.3 Å². The first kappa shape index (κ1) is 16.4. The highest BCUT2D eigenvalue weighted by Crippen LogP contribution is 2.46. The van der Waals surface area contributed by atoms with Crippen LogP contribution in [0.15, 0.2) is 18.2 Å². The van der Waals surface area contributed by atoms with Crippen molar-refractivity contribution >= 4 is 17.7 Å². The molecule has 3 aliphatic heterocycles. The van der Waals surface area contributed by atoms with E-state index in [1.54, 1.807) is 0 Å². The van der Waals surface area contributed by atoms with E-state index >= 15 is 0 Å². The molecule has 3 saturated heterocycles. The van der Waals surface area contributed by atoms with Crippen LogP contribution >= 0.6 is 11.8 Å². The summed E-state index contributed by atoms with van der Waals surface area (Å²) in [5, 5.41) is 0. The van der Waals surface area contributed by atoms with Crippen molar-refractivity contribution in [2.75, 3.05) is 32.1 Å². The number of likely N-dealkylation sites (tertiary alicyclic amines) is 1. The molecule has 130 valence electrons. The normalized spacial score (nSPS) is 28.3. The molecule has 6 heteroatoms. The minimum absolute atomic E-state index is 0.0909. The van der Waals surface area contributed by atoms with Crippen molar-refractivity contribution in [2.45, 2.75) is 37.2 Å². The molecular formula is C18H24N2O3S. The van der Waals surface area contributed by atoms with Crippen LogP contribution in [0.2, 0.25) is 0 Å². The molecule has 3 fully saturated rings. The van der Waals surface area contributed by atoms with Gasteiger partial charge in [0, 0.05) is 31.1 Å². The molecule has 0 saturated carbocycles. The predicted molar refractivity (Wildman–Crippen MR) is 92.9 cm³/mol. The topological polar surface area (TPSA) is 51.7 Å². The Morgan fingerprint density at radius 1 is 1.50 bits per heavy atom. The van der Waals surface area contributed by atoms with Gasteiger partial charge in [-0.25, -0.2) is 0 Å². The van der Waals surface area contributed by atoms with Crippen LogP contribution < -0.4 is 0 Å². The maximum absolute atomic E-state index is 12.4. The van der Waals surface area contributed by atoms with E-state index in [-0.39, 0.29) is 22.7 Å². The lowest BCUT2D eigenvalue weighted by atomic mass is 9.91. The lowest BCUT2D eigenvalue weighted by Gasteiger charge is -2.48. The summed E-state index contributed by atoms with van der Waals surface area (Å²) in [4.78, 5) is 18.9. The average Bonchev–Trinajstić information content (AvgIpc) is 3.21. The van der Waals surface area contributed by atoms with Gasteiger partial charge in [-0.1, -0.05) is 6.07 Å². The van der Waals surface area contributed by atoms with Crippen LogP contribution in [0.1, 0.15) is 24.2 Å². The lowest BCUT2D eigenvalue weighted by molar-refractivity contribution is -0.141. The minimum atomic E-state index is 0.0909. The third kappa shape index (κ3) is 3.32. The second-order valence-corrected chi connectivity index (χ2v) is 8.64. The van der Waals surface area contributed by atoms with Crippen LogP contribution in [0.5, 0.6) is 0 Å². The molecular weight excluding hydrogens is 324 g/mol. The third-order valence-corrected chi connectivity index (χ3v) is 6.71. The smallest absolute Gasteiger partial charge is 0.228 e. The van der Waals surface area contributed by atoms with Gasteiger partial charge >= 0.3 is 0 Å². The average molecular weight is 348 g/mol. The molecule has 3 aliphatic rings. The second-order valence-electron chi connectivity index (χ2n) is 7.16. The summed E-state index contributed by atoms with van der Waals surface area (Å²) in [5.74, 6) is 1.39. The van der Waals surface area contributed by atoms with Crippen LogP contribution in [0.25, 0.3) is 0 Å². The summed E-state index contributed by atoms with van der Waals surface area (Å²) in [5.41, 5.74) is 2.02. The number of pyridine rings is 1. The quantitative estimate of drug-likeness (QED) is 0.833. The molecule has 1 aromatic rings. The van der Waals surface area contributed by atoms with Crippen molar-refractivity contribution in [2.24, 2.45) is 5.92 Å². The maximum atomic E-state index is 12.4. The van der Waals surface area contributed by atoms with E-state index in [0.29, 0.717) is 13.2 Å². The van der Waals surface area contributed by atoms with E-state index in [1.165, 1.54) is 0 Å². The summed E-state index contributed by atoms with van der Waals surface area (Å²) in [6, 6.07) is 6.03. The van der Waals surface area contributed by atoms with Crippen LogP contribution in [0, 0.1) is 12.8 Å². The van der Waals surface area contributed by atoms with Crippen molar-refractivity contribution in [3.8, 4) is 0 Å². The van der Waals surface area contributed by atoms with E-state index in [4.69, 9.17) is 9.47 Å². The highest BCUT2D eigenvalue weighted by molar-refractivity contribution is 8.01. The Morgan fingerprint density at radius 2 is 2.38 bits per heavy atom. The first-order valence-corrected chi connectivity index (χ1v) is 9.67. The Bertz CT molecular complexity index is 612. The SMILES string of the molecule is Cc1cccc(COC2CSC3(C2)CN(C(=O)C2CCOC2)C3)n1. The number of amides is 1. The van der Waals surface area contributed by atoms with E-state index in [9.17, 15) is 4.79 Å². The van der Waals surface area contributed by atoms with E-state index in [1.807, 2.05) is 41.8 Å². The second kappa shape index (κ2) is 6.65. The van der Waals surface area contributed by atoms with Crippen molar-refractivity contribution in [3.63, 3.8) is 0 Å². The van der Waals surface area contributed by atoms with Crippen molar-refractivity contribution in [1.82, 2.24) is 9.88 Å². The molecule has 0 N–H and O–H groups in total. The summed E-state index contributed by atoms with van der Waals surface area (Å²) >= 11 is 1.97. The number of hydrogen-bond acceptors (Lipinski definition) is 5. The first-order chi connectivity index (χ1) is 11.6. The summed E-state index contributed by atoms with van der Waals surface area (Å²) in [6.45, 7) is 5.65. The van der Waals surface area contributed by atoms with E-state index in [0.717, 1.165) is 49.7 Å². The third-order valence-electron chi connectivity index (χ3n) is 5.14. The van der Waals surface area contributed by atoms with Crippen LogP contribution in [-0.4, -0.2) is 58.7 Å². The minimum Gasteiger partial charge on any atom is -0.381 e. The summed E-state index contributed by atoms with van der Waals surface area (Å²) in [7, 11) is 0. The molecule has 0 bridgehead atoms. The van der Waals surface area contributed by atoms with Gasteiger partial charge in [0.25, 0.3) is 0 Å². The fraction of sp³-hybridized carbons (Fsp3) is 0.667. The van der Waals surface area contributed by atoms with Gasteiger partial charge in [-0.2, -0.15) is 0 Å². The lowest BCUT2D eigenvalue weighted by Crippen LogP contribution is -2.62. The van der Waals surface area contributed by atoms with Gasteiger partial charge in [0.15, 0.2) is 0 Å². The molecule has 1 aromatic heterocycles. The summed E-state index contributed by atoms with van der Waals surface area (Å²) in [6.07, 6.45) is 2.18. The number of hydrogen-bond donors (Lipinski definition) is 0. The Balaban J connectivity index is 1.24. The number of rotatable bonds is 4. The Morgan fingerprint density at radius 3 is 3.12 bits per heavy atom. The van der Waals surface area contributed by atoms with Gasteiger partial charge in [0.2, 0.25) is 5.91 Å². The number of carbonyl (C=O) groups excluding carboxylic acids is 1. The number of ether oxygens (including phenoxy) is 2. The van der Waals surface area contributed by atoms with E-state index < -0.39 is 0 Å². The fourth-order valence-corrected chi connectivity index (χ4v) is 5.36. The molecule has 0 aliphatic carbocycles. The molecule has 24 heavy (non-hydrogen) atoms. The van der Waals surface area contributed by atoms with Gasteiger partial charge in [0.05, 0.1) is 35.7 Å². The molecule has 4 heterocycles. The highest BCUT2D eigenvalue weighted by Gasteiger charge is 2.51. The molecule has 2 atom stereocenters. The van der Waals surface area contributed by atoms with Crippen LogP contribution in [0.4, 0.5) is 0 Å². The predicted octanol–water partition coefficient (Wildman–Crippen LogP) is 2.03. The standard InChI is InChI=1S/C18H24N2O3S/c1-13-3-2-4-15(19-13)9-23-16-7-18(24-10-16)11-20(12-18)17(21)14-5-6-22-8-14/h2-4,14,16H,5-12H2,1H3. The molecule has 5 nitrogen and oxygen atoms in total. The number of carbonyl (C=O) groups is 1. The maximum Gasteiger partial charge on any atom is 0.228 e. The summed E-state index contributed by atoms with van der Waals surface area (Å²) < 4.78 is 11.6. The molecule has 2 unspecified atom stereocenters. The monoisotopic (exact) mass is 348 g/mol. The number of nitrogens with zero attached hydrogens (tertiary/aromatic N) is 2. The molecule has 0 radical (unpaired) electrons. The number of thioether (sulfide) groups is 1. The number of aromatic nitrogens is 1. The van der Waals surface area contributed by atoms with Gasteiger partial charge < -0.3 is 14.4 Å². The molecule has 0 aromatic carbocycles. The Labute approximate surface area is 147 Å².